The minimum absolute atomic E-state index is 0.193. The first kappa shape index (κ1) is 23.5. The minimum Gasteiger partial charge on any atom is -0.267 e. The molecule has 0 spiro atoms. The van der Waals surface area contributed by atoms with Crippen molar-refractivity contribution in [3.05, 3.63) is 104 Å². The van der Waals surface area contributed by atoms with Gasteiger partial charge < -0.3 is 0 Å². The number of aryl methyl sites for hydroxylation is 1. The smallest absolute Gasteiger partial charge is 0.267 e. The first-order valence-corrected chi connectivity index (χ1v) is 10.9. The lowest BCUT2D eigenvalue weighted by Crippen LogP contribution is -2.35. The topological polar surface area (TPSA) is 87.1 Å². The summed E-state index contributed by atoms with van der Waals surface area (Å²) in [4.78, 5) is 34.5. The van der Waals surface area contributed by atoms with Crippen LogP contribution in [0.5, 0.6) is 0 Å². The van der Waals surface area contributed by atoms with Crippen LogP contribution in [0.1, 0.15) is 11.3 Å². The van der Waals surface area contributed by atoms with E-state index >= 15 is 0 Å². The summed E-state index contributed by atoms with van der Waals surface area (Å²) < 4.78 is 42.2. The molecule has 0 N–H and O–H groups in total. The van der Waals surface area contributed by atoms with Crippen LogP contribution in [0.25, 0.3) is 27.9 Å². The Morgan fingerprint density at radius 1 is 0.917 bits per heavy atom. The minimum atomic E-state index is -4.60. The molecule has 0 aliphatic heterocycles. The highest BCUT2D eigenvalue weighted by atomic mass is 35.5. The van der Waals surface area contributed by atoms with E-state index in [1.165, 1.54) is 13.1 Å². The van der Waals surface area contributed by atoms with Crippen molar-refractivity contribution < 1.29 is 13.2 Å². The number of hydrogen-bond donors (Lipinski definition) is 0. The van der Waals surface area contributed by atoms with Crippen molar-refractivity contribution in [2.75, 3.05) is 0 Å². The lowest BCUT2D eigenvalue weighted by atomic mass is 9.97. The van der Waals surface area contributed by atoms with Crippen LogP contribution in [0, 0.1) is 0 Å². The average molecular weight is 513 g/mol. The monoisotopic (exact) mass is 512 g/mol. The normalized spacial score (nSPS) is 11.8. The number of alkyl halides is 3. The molecular formula is C24H16ClF3N6O2. The van der Waals surface area contributed by atoms with E-state index in [0.29, 0.717) is 27.3 Å². The van der Waals surface area contributed by atoms with Crippen LogP contribution < -0.4 is 11.2 Å². The number of halogens is 4. The molecule has 0 saturated heterocycles. The third kappa shape index (κ3) is 4.07. The predicted molar refractivity (Wildman–Crippen MR) is 127 cm³/mol. The highest BCUT2D eigenvalue weighted by Gasteiger charge is 2.32. The van der Waals surface area contributed by atoms with Gasteiger partial charge in [0.25, 0.3) is 5.56 Å². The largest absolute Gasteiger partial charge is 0.433 e. The Labute approximate surface area is 205 Å². The molecule has 5 rings (SSSR count). The Morgan fingerprint density at radius 2 is 1.58 bits per heavy atom. The number of aromatic nitrogens is 6. The molecule has 0 aliphatic rings. The van der Waals surface area contributed by atoms with Crippen LogP contribution in [-0.2, 0) is 19.8 Å². The fourth-order valence-corrected chi connectivity index (χ4v) is 4.07. The molecule has 0 fully saturated rings. The number of nitrogens with zero attached hydrogens (tertiary/aromatic N) is 6. The Morgan fingerprint density at radius 3 is 2.19 bits per heavy atom. The van der Waals surface area contributed by atoms with Gasteiger partial charge in [0.15, 0.2) is 5.65 Å². The summed E-state index contributed by atoms with van der Waals surface area (Å²) in [6, 6.07) is 12.0. The molecule has 0 saturated carbocycles. The lowest BCUT2D eigenvalue weighted by molar-refractivity contribution is -0.141. The van der Waals surface area contributed by atoms with Gasteiger partial charge in [0.05, 0.1) is 12.1 Å². The van der Waals surface area contributed by atoms with Crippen molar-refractivity contribution >= 4 is 17.2 Å². The molecule has 0 atom stereocenters. The van der Waals surface area contributed by atoms with Crippen LogP contribution in [-0.4, -0.2) is 28.9 Å². The second kappa shape index (κ2) is 8.76. The maximum Gasteiger partial charge on any atom is 0.433 e. The number of fused-ring (bicyclic) bond motifs is 1. The van der Waals surface area contributed by atoms with Crippen LogP contribution in [0.4, 0.5) is 13.2 Å². The van der Waals surface area contributed by atoms with Gasteiger partial charge >= 0.3 is 11.9 Å². The van der Waals surface area contributed by atoms with Crippen LogP contribution >= 0.6 is 11.6 Å². The van der Waals surface area contributed by atoms with E-state index in [9.17, 15) is 22.8 Å². The molecule has 182 valence electrons. The summed E-state index contributed by atoms with van der Waals surface area (Å²) in [6.07, 6.45) is -0.464. The van der Waals surface area contributed by atoms with Gasteiger partial charge in [-0.1, -0.05) is 29.8 Å². The van der Waals surface area contributed by atoms with Gasteiger partial charge in [-0.2, -0.15) is 17.7 Å². The third-order valence-electron chi connectivity index (χ3n) is 5.62. The zero-order valence-electron chi connectivity index (χ0n) is 18.6. The Bertz CT molecular complexity index is 1690. The van der Waals surface area contributed by atoms with Crippen molar-refractivity contribution in [3.8, 4) is 22.3 Å². The Hall–Kier alpha value is -4.25. The summed E-state index contributed by atoms with van der Waals surface area (Å²) in [5.41, 5.74) is 0.0601. The van der Waals surface area contributed by atoms with Gasteiger partial charge in [-0.25, -0.2) is 14.2 Å². The molecule has 0 radical (unpaired) electrons. The van der Waals surface area contributed by atoms with Gasteiger partial charge in [-0.3, -0.25) is 14.8 Å². The van der Waals surface area contributed by atoms with Gasteiger partial charge in [-0.15, -0.1) is 5.10 Å². The van der Waals surface area contributed by atoms with Crippen molar-refractivity contribution in [2.24, 2.45) is 7.05 Å². The molecule has 36 heavy (non-hydrogen) atoms. The molecule has 8 nitrogen and oxygen atoms in total. The molecule has 5 aromatic rings. The zero-order valence-corrected chi connectivity index (χ0v) is 19.3. The summed E-state index contributed by atoms with van der Waals surface area (Å²) in [5, 5.41) is 4.85. The molecule has 4 aromatic heterocycles. The van der Waals surface area contributed by atoms with E-state index in [-0.39, 0.29) is 17.8 Å². The SMILES string of the molecule is Cn1nc2c(-c3ccncc3)c(-c3ccc(Cl)cc3)c(=O)n(Cc3ccc(C(F)(F)F)nc3)n2c1=O. The Kier molecular flexibility index (Phi) is 5.71. The first-order chi connectivity index (χ1) is 17.1. The van der Waals surface area contributed by atoms with E-state index in [2.05, 4.69) is 15.1 Å². The highest BCUT2D eigenvalue weighted by Crippen LogP contribution is 2.33. The quantitative estimate of drug-likeness (QED) is 0.363. The standard InChI is InChI=1S/C24H16ClF3N6O2/c1-32-23(36)34-21(31-32)19(16-8-10-29-11-9-16)20(15-3-5-17(25)6-4-15)22(35)33(34)13-14-2-7-18(30-12-14)24(26,27)28/h2-12H,13H2,1H3. The first-order valence-electron chi connectivity index (χ1n) is 10.6. The number of pyridine rings is 2. The molecule has 0 aliphatic carbocycles. The zero-order chi connectivity index (χ0) is 25.6. The van der Waals surface area contributed by atoms with Gasteiger partial charge in [0.1, 0.15) is 5.69 Å². The average Bonchev–Trinajstić information content (AvgIpc) is 3.15. The van der Waals surface area contributed by atoms with Crippen molar-refractivity contribution in [3.63, 3.8) is 0 Å². The highest BCUT2D eigenvalue weighted by molar-refractivity contribution is 6.30. The maximum atomic E-state index is 14.0. The molecular weight excluding hydrogens is 497 g/mol. The predicted octanol–water partition coefficient (Wildman–Crippen LogP) is 4.04. The maximum absolute atomic E-state index is 14.0. The summed E-state index contributed by atoms with van der Waals surface area (Å²) in [5.74, 6) is 0. The fraction of sp³-hybridized carbons (Fsp3) is 0.125. The van der Waals surface area contributed by atoms with Crippen LogP contribution in [0.15, 0.2) is 76.7 Å². The molecule has 1 aromatic carbocycles. The van der Waals surface area contributed by atoms with Gasteiger partial charge in [0.2, 0.25) is 0 Å². The van der Waals surface area contributed by atoms with Gasteiger partial charge in [0, 0.05) is 36.2 Å². The van der Waals surface area contributed by atoms with E-state index in [0.717, 1.165) is 26.1 Å². The van der Waals surface area contributed by atoms with Crippen molar-refractivity contribution in [2.45, 2.75) is 12.7 Å². The van der Waals surface area contributed by atoms with Gasteiger partial charge in [-0.05, 0) is 47.0 Å². The number of rotatable bonds is 4. The van der Waals surface area contributed by atoms with E-state index in [1.54, 1.807) is 48.8 Å². The van der Waals surface area contributed by atoms with Crippen LogP contribution in [0.2, 0.25) is 5.02 Å². The molecule has 0 amide bonds. The summed E-state index contributed by atoms with van der Waals surface area (Å²) in [6.45, 7) is -0.219. The van der Waals surface area contributed by atoms with Crippen molar-refractivity contribution in [1.29, 1.82) is 0 Å². The van der Waals surface area contributed by atoms with Crippen molar-refractivity contribution in [1.82, 2.24) is 28.9 Å². The van der Waals surface area contributed by atoms with E-state index < -0.39 is 23.1 Å². The summed E-state index contributed by atoms with van der Waals surface area (Å²) in [7, 11) is 1.45. The Balaban J connectivity index is 1.82. The molecule has 0 unspecified atom stereocenters. The third-order valence-corrected chi connectivity index (χ3v) is 5.87. The molecule has 12 heteroatoms. The second-order valence-corrected chi connectivity index (χ2v) is 8.38. The van der Waals surface area contributed by atoms with E-state index in [4.69, 9.17) is 11.6 Å². The van der Waals surface area contributed by atoms with Crippen LogP contribution in [0.3, 0.4) is 0 Å². The fourth-order valence-electron chi connectivity index (χ4n) is 3.94. The second-order valence-electron chi connectivity index (χ2n) is 7.95. The van der Waals surface area contributed by atoms with E-state index in [1.807, 2.05) is 0 Å². The number of benzene rings is 1. The molecule has 0 bridgehead atoms. The number of hydrogen-bond acceptors (Lipinski definition) is 5. The molecule has 4 heterocycles. The summed E-state index contributed by atoms with van der Waals surface area (Å²) >= 11 is 6.06. The lowest BCUT2D eigenvalue weighted by Gasteiger charge is -2.16.